The van der Waals surface area contributed by atoms with Gasteiger partial charge in [0.05, 0.1) is 7.11 Å². The van der Waals surface area contributed by atoms with Crippen molar-refractivity contribution in [3.8, 4) is 11.5 Å². The molecule has 0 aliphatic heterocycles. The molecule has 0 bridgehead atoms. The van der Waals surface area contributed by atoms with Gasteiger partial charge in [-0.05, 0) is 54.3 Å². The zero-order valence-corrected chi connectivity index (χ0v) is 16.7. The summed E-state index contributed by atoms with van der Waals surface area (Å²) in [6.45, 7) is 0.400. The molecule has 2 amide bonds. The van der Waals surface area contributed by atoms with E-state index in [4.69, 9.17) is 9.94 Å². The summed E-state index contributed by atoms with van der Waals surface area (Å²) in [5.74, 6) is -0.921. The fourth-order valence-corrected chi connectivity index (χ4v) is 2.80. The van der Waals surface area contributed by atoms with Crippen LogP contribution < -0.4 is 15.5 Å². The minimum Gasteiger partial charge on any atom is -0.504 e. The second-order valence-corrected chi connectivity index (χ2v) is 6.60. The first-order valence-electron chi connectivity index (χ1n) is 9.50. The monoisotopic (exact) mass is 416 g/mol. The van der Waals surface area contributed by atoms with Crippen LogP contribution in [-0.2, 0) is 9.59 Å². The second-order valence-electron chi connectivity index (χ2n) is 6.60. The Morgan fingerprint density at radius 1 is 1.10 bits per heavy atom. The Balaban J connectivity index is 2.11. The van der Waals surface area contributed by atoms with Crippen molar-refractivity contribution in [2.75, 3.05) is 13.7 Å². The van der Waals surface area contributed by atoms with Crippen molar-refractivity contribution < 1.29 is 29.0 Å². The number of benzene rings is 2. The first-order chi connectivity index (χ1) is 14.4. The SMILES string of the molecule is COc1cc(C=C(C(=O)NCCCCCC(=O)NO)c2ccc(F)cc2)ccc1O. The van der Waals surface area contributed by atoms with Crippen LogP contribution >= 0.6 is 0 Å². The smallest absolute Gasteiger partial charge is 0.251 e. The molecule has 30 heavy (non-hydrogen) atoms. The Hall–Kier alpha value is -3.39. The molecule has 0 unspecified atom stereocenters. The number of ether oxygens (including phenoxy) is 1. The van der Waals surface area contributed by atoms with Crippen molar-refractivity contribution in [1.29, 1.82) is 0 Å². The summed E-state index contributed by atoms with van der Waals surface area (Å²) in [5.41, 5.74) is 3.09. The highest BCUT2D eigenvalue weighted by atomic mass is 19.1. The number of carbonyl (C=O) groups excluding carboxylic acids is 2. The molecular formula is C22H25FN2O5. The zero-order valence-electron chi connectivity index (χ0n) is 16.7. The van der Waals surface area contributed by atoms with Crippen molar-refractivity contribution in [3.05, 3.63) is 59.4 Å². The van der Waals surface area contributed by atoms with Gasteiger partial charge in [0.2, 0.25) is 5.91 Å². The molecule has 0 heterocycles. The molecule has 8 heteroatoms. The van der Waals surface area contributed by atoms with Crippen LogP contribution in [-0.4, -0.2) is 35.8 Å². The molecule has 0 aromatic heterocycles. The van der Waals surface area contributed by atoms with Crippen molar-refractivity contribution in [3.63, 3.8) is 0 Å². The normalized spacial score (nSPS) is 11.1. The molecule has 0 aliphatic carbocycles. The van der Waals surface area contributed by atoms with E-state index >= 15 is 0 Å². The molecule has 0 fully saturated rings. The third-order valence-electron chi connectivity index (χ3n) is 4.41. The number of hydroxylamine groups is 1. The third kappa shape index (κ3) is 6.89. The fraction of sp³-hybridized carbons (Fsp3) is 0.273. The summed E-state index contributed by atoms with van der Waals surface area (Å²) < 4.78 is 18.4. The molecule has 2 rings (SSSR count). The number of unbranched alkanes of at least 4 members (excludes halogenated alkanes) is 2. The lowest BCUT2D eigenvalue weighted by Gasteiger charge is -2.11. The lowest BCUT2D eigenvalue weighted by molar-refractivity contribution is -0.129. The van der Waals surface area contributed by atoms with Gasteiger partial charge in [-0.25, -0.2) is 9.87 Å². The highest BCUT2D eigenvalue weighted by Gasteiger charge is 2.13. The van der Waals surface area contributed by atoms with E-state index in [2.05, 4.69) is 5.32 Å². The van der Waals surface area contributed by atoms with Gasteiger partial charge in [0, 0.05) is 18.5 Å². The number of rotatable bonds is 10. The molecule has 2 aromatic carbocycles. The standard InChI is InChI=1S/C22H25FN2O5/c1-30-20-14-15(6-11-19(20)26)13-18(16-7-9-17(23)10-8-16)22(28)24-12-4-2-3-5-21(27)25-29/h6-11,13-14,26,29H,2-5,12H2,1H3,(H,24,28)(H,25,27). The quantitative estimate of drug-likeness (QED) is 0.156. The number of halogens is 1. The van der Waals surface area contributed by atoms with E-state index in [1.165, 1.54) is 37.4 Å². The summed E-state index contributed by atoms with van der Waals surface area (Å²) in [7, 11) is 1.43. The van der Waals surface area contributed by atoms with Gasteiger partial charge in [-0.1, -0.05) is 24.6 Å². The van der Waals surface area contributed by atoms with Gasteiger partial charge in [0.15, 0.2) is 11.5 Å². The molecule has 0 saturated heterocycles. The summed E-state index contributed by atoms with van der Waals surface area (Å²) in [4.78, 5) is 23.8. The number of phenols is 1. The highest BCUT2D eigenvalue weighted by Crippen LogP contribution is 2.28. The van der Waals surface area contributed by atoms with E-state index < -0.39 is 11.7 Å². The van der Waals surface area contributed by atoms with Crippen molar-refractivity contribution >= 4 is 23.5 Å². The first-order valence-corrected chi connectivity index (χ1v) is 9.50. The van der Waals surface area contributed by atoms with Gasteiger partial charge in [-0.15, -0.1) is 0 Å². The number of hydrogen-bond acceptors (Lipinski definition) is 5. The predicted molar refractivity (Wildman–Crippen MR) is 110 cm³/mol. The van der Waals surface area contributed by atoms with E-state index in [9.17, 15) is 19.1 Å². The number of phenolic OH excluding ortho intramolecular Hbond substituents is 1. The Labute approximate surface area is 174 Å². The van der Waals surface area contributed by atoms with Gasteiger partial charge < -0.3 is 15.2 Å². The Kier molecular flexibility index (Phi) is 8.83. The van der Waals surface area contributed by atoms with Crippen LogP contribution in [0.2, 0.25) is 0 Å². The van der Waals surface area contributed by atoms with Gasteiger partial charge in [0.25, 0.3) is 5.91 Å². The summed E-state index contributed by atoms with van der Waals surface area (Å²) in [6.07, 6.45) is 3.81. The third-order valence-corrected chi connectivity index (χ3v) is 4.41. The maximum absolute atomic E-state index is 13.3. The molecular weight excluding hydrogens is 391 g/mol. The Bertz CT molecular complexity index is 897. The van der Waals surface area contributed by atoms with Crippen molar-refractivity contribution in [1.82, 2.24) is 10.8 Å². The van der Waals surface area contributed by atoms with E-state index in [-0.39, 0.29) is 23.8 Å². The molecule has 0 saturated carbocycles. The van der Waals surface area contributed by atoms with Crippen LogP contribution in [0.3, 0.4) is 0 Å². The number of methoxy groups -OCH3 is 1. The van der Waals surface area contributed by atoms with Gasteiger partial charge in [-0.3, -0.25) is 14.8 Å². The largest absolute Gasteiger partial charge is 0.504 e. The van der Waals surface area contributed by atoms with Crippen molar-refractivity contribution in [2.24, 2.45) is 0 Å². The average molecular weight is 416 g/mol. The number of nitrogens with one attached hydrogen (secondary N) is 2. The maximum atomic E-state index is 13.3. The van der Waals surface area contributed by atoms with Crippen LogP contribution in [0.4, 0.5) is 4.39 Å². The lowest BCUT2D eigenvalue weighted by atomic mass is 10.0. The van der Waals surface area contributed by atoms with E-state index in [1.54, 1.807) is 23.7 Å². The number of amides is 2. The minimum absolute atomic E-state index is 0.0164. The highest BCUT2D eigenvalue weighted by molar-refractivity contribution is 6.24. The predicted octanol–water partition coefficient (Wildman–Crippen LogP) is 3.26. The topological polar surface area (TPSA) is 108 Å². The van der Waals surface area contributed by atoms with Crippen LogP contribution in [0.25, 0.3) is 11.6 Å². The van der Waals surface area contributed by atoms with Crippen LogP contribution in [0.1, 0.15) is 36.8 Å². The van der Waals surface area contributed by atoms with E-state index in [0.717, 1.165) is 0 Å². The molecule has 7 nitrogen and oxygen atoms in total. The number of hydrogen-bond donors (Lipinski definition) is 4. The number of carbonyl (C=O) groups is 2. The molecule has 0 aliphatic rings. The van der Waals surface area contributed by atoms with Crippen LogP contribution in [0.15, 0.2) is 42.5 Å². The molecule has 0 radical (unpaired) electrons. The zero-order chi connectivity index (χ0) is 21.9. The first kappa shape index (κ1) is 22.9. The van der Waals surface area contributed by atoms with Crippen molar-refractivity contribution in [2.45, 2.75) is 25.7 Å². The lowest BCUT2D eigenvalue weighted by Crippen LogP contribution is -2.25. The molecule has 0 spiro atoms. The summed E-state index contributed by atoms with van der Waals surface area (Å²) in [6, 6.07) is 10.3. The minimum atomic E-state index is -0.440. The fourth-order valence-electron chi connectivity index (χ4n) is 2.80. The summed E-state index contributed by atoms with van der Waals surface area (Å²) in [5, 5.41) is 21.0. The van der Waals surface area contributed by atoms with Gasteiger partial charge in [0.1, 0.15) is 5.82 Å². The summed E-state index contributed by atoms with van der Waals surface area (Å²) >= 11 is 0. The Morgan fingerprint density at radius 2 is 1.83 bits per heavy atom. The van der Waals surface area contributed by atoms with E-state index in [1.807, 2.05) is 0 Å². The molecule has 160 valence electrons. The maximum Gasteiger partial charge on any atom is 0.251 e. The van der Waals surface area contributed by atoms with Crippen LogP contribution in [0, 0.1) is 5.82 Å². The number of aromatic hydroxyl groups is 1. The Morgan fingerprint density at radius 3 is 2.50 bits per heavy atom. The molecule has 4 N–H and O–H groups in total. The van der Waals surface area contributed by atoms with Crippen LogP contribution in [0.5, 0.6) is 11.5 Å². The van der Waals surface area contributed by atoms with Gasteiger partial charge >= 0.3 is 0 Å². The van der Waals surface area contributed by atoms with E-state index in [0.29, 0.717) is 42.5 Å². The average Bonchev–Trinajstić information content (AvgIpc) is 2.75. The second kappa shape index (κ2) is 11.6. The van der Waals surface area contributed by atoms with Gasteiger partial charge in [-0.2, -0.15) is 0 Å². The molecule has 2 aromatic rings. The molecule has 0 atom stereocenters.